The second kappa shape index (κ2) is 3.47. The van der Waals surface area contributed by atoms with Crippen LogP contribution in [-0.2, 0) is 14.3 Å². The first kappa shape index (κ1) is 11.4. The topological polar surface area (TPSA) is 92.9 Å². The lowest BCUT2D eigenvalue weighted by molar-refractivity contribution is -0.182. The maximum atomic E-state index is 11.8. The standard InChI is InChI=1S/C9H12N2O4S/c1-4-3-16-8-9(10,15-2)7(14)11(8)5(4)6(12)13/h8H,3,10H2,1-2H3,(H,12,13). The van der Waals surface area contributed by atoms with Crippen LogP contribution in [0.3, 0.4) is 0 Å². The zero-order chi connectivity index (χ0) is 12.1. The quantitative estimate of drug-likeness (QED) is 0.505. The van der Waals surface area contributed by atoms with E-state index in [0.717, 1.165) is 0 Å². The first-order valence-corrected chi connectivity index (χ1v) is 5.70. The predicted octanol–water partition coefficient (Wildman–Crippen LogP) is -0.439. The van der Waals surface area contributed by atoms with Crippen molar-refractivity contribution < 1.29 is 19.4 Å². The van der Waals surface area contributed by atoms with E-state index in [-0.39, 0.29) is 5.70 Å². The summed E-state index contributed by atoms with van der Waals surface area (Å²) in [6.07, 6.45) is 0. The van der Waals surface area contributed by atoms with Gasteiger partial charge in [-0.3, -0.25) is 15.4 Å². The number of hydrogen-bond acceptors (Lipinski definition) is 5. The van der Waals surface area contributed by atoms with Crippen LogP contribution in [0.1, 0.15) is 6.92 Å². The number of carboxylic acids is 1. The molecule has 1 fully saturated rings. The smallest absolute Gasteiger partial charge is 0.352 e. The van der Waals surface area contributed by atoms with E-state index in [0.29, 0.717) is 11.3 Å². The molecule has 16 heavy (non-hydrogen) atoms. The number of carboxylic acid groups (broad SMARTS) is 1. The summed E-state index contributed by atoms with van der Waals surface area (Å²) >= 11 is 1.41. The molecular formula is C9H12N2O4S. The van der Waals surface area contributed by atoms with Crippen molar-refractivity contribution >= 4 is 23.6 Å². The molecule has 2 heterocycles. The largest absolute Gasteiger partial charge is 0.477 e. The predicted molar refractivity (Wildman–Crippen MR) is 57.4 cm³/mol. The second-order valence-electron chi connectivity index (χ2n) is 3.77. The second-order valence-corrected chi connectivity index (χ2v) is 4.84. The molecule has 0 aromatic heterocycles. The van der Waals surface area contributed by atoms with Gasteiger partial charge in [-0.05, 0) is 12.5 Å². The summed E-state index contributed by atoms with van der Waals surface area (Å²) < 4.78 is 4.97. The summed E-state index contributed by atoms with van der Waals surface area (Å²) in [6, 6.07) is 0. The summed E-state index contributed by atoms with van der Waals surface area (Å²) in [5.74, 6) is -1.06. The lowest BCUT2D eigenvalue weighted by atomic mass is 10.00. The van der Waals surface area contributed by atoms with E-state index in [9.17, 15) is 9.59 Å². The molecule has 0 bridgehead atoms. The first-order valence-electron chi connectivity index (χ1n) is 4.65. The Labute approximate surface area is 96.4 Å². The van der Waals surface area contributed by atoms with Gasteiger partial charge in [-0.1, -0.05) is 0 Å². The Morgan fingerprint density at radius 2 is 2.38 bits per heavy atom. The molecule has 2 aliphatic heterocycles. The maximum absolute atomic E-state index is 11.8. The third-order valence-corrected chi connectivity index (χ3v) is 4.27. The third kappa shape index (κ3) is 1.22. The van der Waals surface area contributed by atoms with Gasteiger partial charge >= 0.3 is 5.97 Å². The Kier molecular flexibility index (Phi) is 2.48. The van der Waals surface area contributed by atoms with E-state index in [1.165, 1.54) is 23.8 Å². The molecule has 0 aromatic rings. The van der Waals surface area contributed by atoms with Gasteiger partial charge in [0.15, 0.2) is 0 Å². The molecule has 0 aliphatic carbocycles. The van der Waals surface area contributed by atoms with Crippen LogP contribution in [0.4, 0.5) is 0 Å². The summed E-state index contributed by atoms with van der Waals surface area (Å²) in [6.45, 7) is 1.70. The number of ether oxygens (including phenoxy) is 1. The van der Waals surface area contributed by atoms with Gasteiger partial charge in [-0.2, -0.15) is 0 Å². The highest BCUT2D eigenvalue weighted by atomic mass is 32.2. The van der Waals surface area contributed by atoms with E-state index in [2.05, 4.69) is 0 Å². The van der Waals surface area contributed by atoms with Crippen molar-refractivity contribution in [1.29, 1.82) is 0 Å². The average molecular weight is 244 g/mol. The molecule has 0 spiro atoms. The van der Waals surface area contributed by atoms with Crippen molar-refractivity contribution in [1.82, 2.24) is 4.90 Å². The average Bonchev–Trinajstić information content (AvgIpc) is 2.26. The van der Waals surface area contributed by atoms with Gasteiger partial charge in [-0.25, -0.2) is 4.79 Å². The van der Waals surface area contributed by atoms with Crippen LogP contribution in [0.2, 0.25) is 0 Å². The van der Waals surface area contributed by atoms with Gasteiger partial charge in [0.25, 0.3) is 5.91 Å². The molecule has 3 N–H and O–H groups in total. The molecule has 2 aliphatic rings. The number of aliphatic carboxylic acids is 1. The van der Waals surface area contributed by atoms with E-state index in [1.54, 1.807) is 6.92 Å². The lowest BCUT2D eigenvalue weighted by Gasteiger charge is -2.53. The number of amides is 1. The number of fused-ring (bicyclic) bond motifs is 1. The summed E-state index contributed by atoms with van der Waals surface area (Å²) in [7, 11) is 1.35. The summed E-state index contributed by atoms with van der Waals surface area (Å²) in [5.41, 5.74) is 5.08. The normalized spacial score (nSPS) is 33.6. The fourth-order valence-electron chi connectivity index (χ4n) is 1.89. The summed E-state index contributed by atoms with van der Waals surface area (Å²) in [4.78, 5) is 24.0. The molecule has 0 aromatic carbocycles. The minimum absolute atomic E-state index is 0.0341. The van der Waals surface area contributed by atoms with Gasteiger partial charge < -0.3 is 9.84 Å². The molecule has 1 amide bonds. The first-order chi connectivity index (χ1) is 7.43. The molecule has 2 atom stereocenters. The van der Waals surface area contributed by atoms with Crippen molar-refractivity contribution in [3.63, 3.8) is 0 Å². The Balaban J connectivity index is 2.39. The van der Waals surface area contributed by atoms with Crippen LogP contribution in [0.5, 0.6) is 0 Å². The van der Waals surface area contributed by atoms with Crippen LogP contribution in [0.15, 0.2) is 11.3 Å². The number of rotatable bonds is 2. The molecule has 6 nitrogen and oxygen atoms in total. The lowest BCUT2D eigenvalue weighted by Crippen LogP contribution is -2.78. The molecule has 2 rings (SSSR count). The van der Waals surface area contributed by atoms with E-state index >= 15 is 0 Å². The van der Waals surface area contributed by atoms with Gasteiger partial charge in [0, 0.05) is 12.9 Å². The van der Waals surface area contributed by atoms with E-state index < -0.39 is 23.0 Å². The molecule has 0 saturated carbocycles. The number of hydrogen-bond donors (Lipinski definition) is 2. The highest BCUT2D eigenvalue weighted by molar-refractivity contribution is 8.00. The Morgan fingerprint density at radius 3 is 2.88 bits per heavy atom. The number of methoxy groups -OCH3 is 1. The molecule has 0 radical (unpaired) electrons. The highest BCUT2D eigenvalue weighted by Crippen LogP contribution is 2.44. The van der Waals surface area contributed by atoms with Crippen LogP contribution >= 0.6 is 11.8 Å². The highest BCUT2D eigenvalue weighted by Gasteiger charge is 2.63. The van der Waals surface area contributed by atoms with Gasteiger partial charge in [-0.15, -0.1) is 11.8 Å². The molecule has 2 unspecified atom stereocenters. The van der Waals surface area contributed by atoms with Crippen molar-refractivity contribution in [2.24, 2.45) is 5.73 Å². The fourth-order valence-corrected chi connectivity index (χ4v) is 3.23. The molecular weight excluding hydrogens is 232 g/mol. The van der Waals surface area contributed by atoms with Crippen molar-refractivity contribution in [2.75, 3.05) is 12.9 Å². The Hall–Kier alpha value is -1.05. The third-order valence-electron chi connectivity index (χ3n) is 2.80. The van der Waals surface area contributed by atoms with E-state index in [4.69, 9.17) is 15.6 Å². The fraction of sp³-hybridized carbons (Fsp3) is 0.556. The Morgan fingerprint density at radius 1 is 1.75 bits per heavy atom. The minimum Gasteiger partial charge on any atom is -0.477 e. The van der Waals surface area contributed by atoms with Crippen LogP contribution in [-0.4, -0.2) is 45.8 Å². The maximum Gasteiger partial charge on any atom is 0.352 e. The van der Waals surface area contributed by atoms with Crippen LogP contribution in [0.25, 0.3) is 0 Å². The van der Waals surface area contributed by atoms with Gasteiger partial charge in [0.2, 0.25) is 5.72 Å². The van der Waals surface area contributed by atoms with Crippen molar-refractivity contribution in [2.45, 2.75) is 18.0 Å². The summed E-state index contributed by atoms with van der Waals surface area (Å²) in [5, 5.41) is 8.60. The van der Waals surface area contributed by atoms with Crippen molar-refractivity contribution in [3.05, 3.63) is 11.3 Å². The number of carbonyl (C=O) groups excluding carboxylic acids is 1. The number of thioether (sulfide) groups is 1. The van der Waals surface area contributed by atoms with Gasteiger partial charge in [0.05, 0.1) is 0 Å². The van der Waals surface area contributed by atoms with Crippen LogP contribution < -0.4 is 5.73 Å². The SMILES string of the molecule is COC1(N)C(=O)N2C(C(=O)O)=C(C)CSC21. The van der Waals surface area contributed by atoms with Crippen LogP contribution in [0, 0.1) is 0 Å². The van der Waals surface area contributed by atoms with E-state index in [1.807, 2.05) is 0 Å². The molecule has 1 saturated heterocycles. The molecule has 88 valence electrons. The number of carbonyl (C=O) groups is 2. The zero-order valence-electron chi connectivity index (χ0n) is 8.89. The van der Waals surface area contributed by atoms with Crippen molar-refractivity contribution in [3.8, 4) is 0 Å². The Bertz CT molecular complexity index is 408. The number of nitrogens with zero attached hydrogens (tertiary/aromatic N) is 1. The monoisotopic (exact) mass is 244 g/mol. The number of nitrogens with two attached hydrogens (primary N) is 1. The minimum atomic E-state index is -1.38. The number of β-lactam (4-membered cyclic amide) rings is 1. The zero-order valence-corrected chi connectivity index (χ0v) is 9.71. The molecule has 7 heteroatoms. The van der Waals surface area contributed by atoms with Gasteiger partial charge in [0.1, 0.15) is 11.1 Å².